The largest absolute Gasteiger partial charge is 0.106 e. The molecule has 0 amide bonds. The second-order valence-electron chi connectivity index (χ2n) is 3.60. The average Bonchev–Trinajstić information content (AvgIpc) is 2.38. The molecule has 0 aliphatic heterocycles. The van der Waals surface area contributed by atoms with Gasteiger partial charge in [-0.25, -0.2) is 0 Å². The maximum atomic E-state index is 4.33. The van der Waals surface area contributed by atoms with Gasteiger partial charge in [0, 0.05) is 4.90 Å². The van der Waals surface area contributed by atoms with E-state index < -0.39 is 0 Å². The second-order valence-corrected chi connectivity index (χ2v) is 4.77. The molecule has 0 radical (unpaired) electrons. The molecule has 0 bridgehead atoms. The van der Waals surface area contributed by atoms with E-state index >= 15 is 0 Å². The first-order valence-electron chi connectivity index (χ1n) is 5.35. The number of hydrogen-bond donors (Lipinski definition) is 1. The van der Waals surface area contributed by atoms with Crippen LogP contribution in [-0.2, 0) is 6.42 Å². The molecular formula is C14H14S2. The van der Waals surface area contributed by atoms with Crippen LogP contribution in [0.15, 0.2) is 53.4 Å². The molecule has 0 aliphatic rings. The summed E-state index contributed by atoms with van der Waals surface area (Å²) in [5.41, 5.74) is 3.98. The Bertz CT molecular complexity index is 441. The summed E-state index contributed by atoms with van der Waals surface area (Å²) in [6.07, 6.45) is 1.05. The van der Waals surface area contributed by atoms with Crippen LogP contribution in [-0.4, -0.2) is 0 Å². The van der Waals surface area contributed by atoms with E-state index in [9.17, 15) is 0 Å². The van der Waals surface area contributed by atoms with Gasteiger partial charge in [0.25, 0.3) is 0 Å². The molecule has 0 unspecified atom stereocenters. The lowest BCUT2D eigenvalue weighted by atomic mass is 9.98. The minimum absolute atomic E-state index is 1.05. The van der Waals surface area contributed by atoms with Crippen molar-refractivity contribution in [1.82, 2.24) is 0 Å². The van der Waals surface area contributed by atoms with Crippen LogP contribution in [0.3, 0.4) is 0 Å². The van der Waals surface area contributed by atoms with Gasteiger partial charge in [0.1, 0.15) is 0 Å². The topological polar surface area (TPSA) is 0 Å². The molecule has 16 heavy (non-hydrogen) atoms. The lowest BCUT2D eigenvalue weighted by Crippen LogP contribution is -1.89. The van der Waals surface area contributed by atoms with Crippen LogP contribution in [0.2, 0.25) is 0 Å². The molecule has 0 nitrogen and oxygen atoms in total. The summed E-state index contributed by atoms with van der Waals surface area (Å²) in [4.78, 5) is 1.23. The first kappa shape index (κ1) is 11.6. The van der Waals surface area contributed by atoms with Crippen LogP contribution >= 0.6 is 22.5 Å². The molecule has 0 aromatic heterocycles. The highest BCUT2D eigenvalue weighted by Gasteiger charge is 2.08. The summed E-state index contributed by atoms with van der Waals surface area (Å²) >= 11 is 4.33. The van der Waals surface area contributed by atoms with Gasteiger partial charge in [-0.15, -0.1) is 11.7 Å². The van der Waals surface area contributed by atoms with Crippen LogP contribution in [0.1, 0.15) is 12.5 Å². The van der Waals surface area contributed by atoms with Gasteiger partial charge < -0.3 is 0 Å². The molecule has 2 aromatic carbocycles. The first-order valence-corrected chi connectivity index (χ1v) is 7.22. The SMILES string of the molecule is CCc1cccc(SS)c1-c1ccccc1. The number of benzene rings is 2. The van der Waals surface area contributed by atoms with Gasteiger partial charge in [-0.05, 0) is 29.2 Å². The molecular weight excluding hydrogens is 232 g/mol. The van der Waals surface area contributed by atoms with Crippen LogP contribution in [0.5, 0.6) is 0 Å². The molecule has 0 aliphatic carbocycles. The summed E-state index contributed by atoms with van der Waals surface area (Å²) in [7, 11) is 1.51. The third-order valence-corrected chi connectivity index (χ3v) is 3.78. The Morgan fingerprint density at radius 3 is 2.38 bits per heavy atom. The fraction of sp³-hybridized carbons (Fsp3) is 0.143. The van der Waals surface area contributed by atoms with Gasteiger partial charge in [0.2, 0.25) is 0 Å². The number of thiol groups is 1. The lowest BCUT2D eigenvalue weighted by Gasteiger charge is -2.12. The fourth-order valence-corrected chi connectivity index (χ4v) is 2.82. The Labute approximate surface area is 106 Å². The third kappa shape index (κ3) is 2.28. The van der Waals surface area contributed by atoms with E-state index in [1.54, 1.807) is 0 Å². The second kappa shape index (κ2) is 5.46. The smallest absolute Gasteiger partial charge is 0.0261 e. The monoisotopic (exact) mass is 246 g/mol. The van der Waals surface area contributed by atoms with E-state index in [-0.39, 0.29) is 0 Å². The van der Waals surface area contributed by atoms with Crippen LogP contribution < -0.4 is 0 Å². The maximum absolute atomic E-state index is 4.33. The summed E-state index contributed by atoms with van der Waals surface area (Å²) in [5, 5.41) is 0. The number of hydrogen-bond acceptors (Lipinski definition) is 2. The van der Waals surface area contributed by atoms with E-state index in [2.05, 4.69) is 61.0 Å². The predicted molar refractivity (Wildman–Crippen MR) is 76.1 cm³/mol. The Kier molecular flexibility index (Phi) is 3.97. The fourth-order valence-electron chi connectivity index (χ4n) is 1.88. The van der Waals surface area contributed by atoms with Crippen LogP contribution in [0.4, 0.5) is 0 Å². The van der Waals surface area contributed by atoms with Crippen molar-refractivity contribution in [2.45, 2.75) is 18.2 Å². The molecule has 0 fully saturated rings. The van der Waals surface area contributed by atoms with E-state index in [0.717, 1.165) is 6.42 Å². The number of rotatable bonds is 3. The van der Waals surface area contributed by atoms with Gasteiger partial charge in [0.05, 0.1) is 0 Å². The minimum Gasteiger partial charge on any atom is -0.106 e. The lowest BCUT2D eigenvalue weighted by molar-refractivity contribution is 1.13. The molecule has 0 saturated heterocycles. The molecule has 82 valence electrons. The molecule has 2 rings (SSSR count). The van der Waals surface area contributed by atoms with Crippen molar-refractivity contribution in [3.8, 4) is 11.1 Å². The van der Waals surface area contributed by atoms with Gasteiger partial charge in [-0.1, -0.05) is 60.2 Å². The quantitative estimate of drug-likeness (QED) is 0.596. The van der Waals surface area contributed by atoms with Crippen molar-refractivity contribution in [1.29, 1.82) is 0 Å². The molecule has 2 aromatic rings. The summed E-state index contributed by atoms with van der Waals surface area (Å²) in [6.45, 7) is 2.19. The normalized spacial score (nSPS) is 10.4. The maximum Gasteiger partial charge on any atom is 0.0261 e. The molecule has 0 atom stereocenters. The highest BCUT2D eigenvalue weighted by Crippen LogP contribution is 2.35. The van der Waals surface area contributed by atoms with Gasteiger partial charge in [0.15, 0.2) is 0 Å². The number of aryl methyl sites for hydroxylation is 1. The average molecular weight is 246 g/mol. The van der Waals surface area contributed by atoms with Crippen molar-refractivity contribution >= 4 is 22.5 Å². The third-order valence-electron chi connectivity index (χ3n) is 2.65. The summed E-state index contributed by atoms with van der Waals surface area (Å²) in [5.74, 6) is 0. The standard InChI is InChI=1S/C14H14S2/c1-2-11-9-6-10-13(16-15)14(11)12-7-4-3-5-8-12/h3-10,15H,2H2,1H3. The minimum atomic E-state index is 1.05. The van der Waals surface area contributed by atoms with Crippen molar-refractivity contribution < 1.29 is 0 Å². The molecule has 0 N–H and O–H groups in total. The van der Waals surface area contributed by atoms with E-state index in [4.69, 9.17) is 0 Å². The van der Waals surface area contributed by atoms with Crippen molar-refractivity contribution in [2.75, 3.05) is 0 Å². The zero-order valence-corrected chi connectivity index (χ0v) is 10.9. The van der Waals surface area contributed by atoms with Crippen molar-refractivity contribution in [3.05, 3.63) is 54.1 Å². The predicted octanol–water partition coefficient (Wildman–Crippen LogP) is 4.85. The van der Waals surface area contributed by atoms with Crippen LogP contribution in [0, 0.1) is 0 Å². The Hall–Kier alpha value is -0.860. The molecule has 0 saturated carbocycles. The van der Waals surface area contributed by atoms with E-state index in [0.29, 0.717) is 0 Å². The van der Waals surface area contributed by atoms with Gasteiger partial charge >= 0.3 is 0 Å². The molecule has 0 spiro atoms. The Morgan fingerprint density at radius 2 is 1.75 bits per heavy atom. The van der Waals surface area contributed by atoms with E-state index in [1.807, 2.05) is 6.07 Å². The summed E-state index contributed by atoms with van der Waals surface area (Å²) in [6, 6.07) is 16.9. The van der Waals surface area contributed by atoms with E-state index in [1.165, 1.54) is 32.4 Å². The highest BCUT2D eigenvalue weighted by molar-refractivity contribution is 8.68. The van der Waals surface area contributed by atoms with Crippen molar-refractivity contribution in [3.63, 3.8) is 0 Å². The molecule has 2 heteroatoms. The zero-order valence-electron chi connectivity index (χ0n) is 9.18. The van der Waals surface area contributed by atoms with Crippen molar-refractivity contribution in [2.24, 2.45) is 0 Å². The first-order chi connectivity index (χ1) is 7.86. The zero-order chi connectivity index (χ0) is 11.4. The van der Waals surface area contributed by atoms with Crippen LogP contribution in [0.25, 0.3) is 11.1 Å². The highest BCUT2D eigenvalue weighted by atomic mass is 33.1. The van der Waals surface area contributed by atoms with Gasteiger partial charge in [-0.2, -0.15) is 0 Å². The Balaban J connectivity index is 2.62. The molecule has 0 heterocycles. The Morgan fingerprint density at radius 1 is 1.00 bits per heavy atom. The van der Waals surface area contributed by atoms with Gasteiger partial charge in [-0.3, -0.25) is 0 Å². The summed E-state index contributed by atoms with van der Waals surface area (Å²) < 4.78 is 0.